The Morgan fingerprint density at radius 1 is 1.00 bits per heavy atom. The molecule has 0 saturated heterocycles. The van der Waals surface area contributed by atoms with E-state index in [0.717, 1.165) is 6.42 Å². The highest BCUT2D eigenvalue weighted by atomic mass is 16.2. The van der Waals surface area contributed by atoms with E-state index in [9.17, 15) is 9.59 Å². The third-order valence-electron chi connectivity index (χ3n) is 4.32. The van der Waals surface area contributed by atoms with Crippen molar-refractivity contribution in [1.29, 1.82) is 0 Å². The molecule has 1 fully saturated rings. The summed E-state index contributed by atoms with van der Waals surface area (Å²) in [6.45, 7) is 12.3. The van der Waals surface area contributed by atoms with Crippen molar-refractivity contribution >= 4 is 11.8 Å². The van der Waals surface area contributed by atoms with Crippen molar-refractivity contribution in [2.75, 3.05) is 6.54 Å². The molecular formula is C17H32N2O2. The third kappa shape index (κ3) is 5.68. The van der Waals surface area contributed by atoms with Crippen molar-refractivity contribution in [3.8, 4) is 0 Å². The zero-order chi connectivity index (χ0) is 16.3. The van der Waals surface area contributed by atoms with Crippen LogP contribution in [0.2, 0.25) is 0 Å². The maximum atomic E-state index is 12.1. The summed E-state index contributed by atoms with van der Waals surface area (Å²) in [6, 6.07) is 0.234. The van der Waals surface area contributed by atoms with E-state index in [0.29, 0.717) is 5.92 Å². The number of amides is 2. The smallest absolute Gasteiger partial charge is 0.239 e. The summed E-state index contributed by atoms with van der Waals surface area (Å²) >= 11 is 0. The van der Waals surface area contributed by atoms with Crippen molar-refractivity contribution in [3.05, 3.63) is 0 Å². The first-order chi connectivity index (χ1) is 9.51. The fourth-order valence-electron chi connectivity index (χ4n) is 3.02. The first-order valence-electron chi connectivity index (χ1n) is 8.09. The van der Waals surface area contributed by atoms with Crippen LogP contribution in [0, 0.1) is 16.7 Å². The van der Waals surface area contributed by atoms with Crippen LogP contribution in [0.4, 0.5) is 0 Å². The van der Waals surface area contributed by atoms with Gasteiger partial charge in [-0.25, -0.2) is 0 Å². The van der Waals surface area contributed by atoms with Crippen LogP contribution in [0.5, 0.6) is 0 Å². The molecule has 1 saturated carbocycles. The topological polar surface area (TPSA) is 58.2 Å². The van der Waals surface area contributed by atoms with Gasteiger partial charge in [-0.1, -0.05) is 54.4 Å². The molecule has 21 heavy (non-hydrogen) atoms. The molecule has 0 spiro atoms. The Balaban J connectivity index is 2.51. The van der Waals surface area contributed by atoms with Crippen LogP contribution in [0.15, 0.2) is 0 Å². The van der Waals surface area contributed by atoms with E-state index in [1.807, 2.05) is 20.8 Å². The van der Waals surface area contributed by atoms with Crippen molar-refractivity contribution in [3.63, 3.8) is 0 Å². The van der Waals surface area contributed by atoms with Crippen molar-refractivity contribution in [2.45, 2.75) is 73.3 Å². The van der Waals surface area contributed by atoms with Crippen LogP contribution >= 0.6 is 0 Å². The number of hydrogen-bond acceptors (Lipinski definition) is 2. The number of hydrogen-bond donors (Lipinski definition) is 2. The Morgan fingerprint density at radius 2 is 1.57 bits per heavy atom. The van der Waals surface area contributed by atoms with E-state index in [1.165, 1.54) is 19.3 Å². The molecule has 1 aliphatic carbocycles. The summed E-state index contributed by atoms with van der Waals surface area (Å²) in [4.78, 5) is 23.9. The number of carbonyl (C=O) groups is 2. The minimum Gasteiger partial charge on any atom is -0.352 e. The molecule has 1 aliphatic rings. The minimum absolute atomic E-state index is 0.0729. The Kier molecular flexibility index (Phi) is 5.83. The normalized spacial score (nSPS) is 23.5. The zero-order valence-corrected chi connectivity index (χ0v) is 14.5. The third-order valence-corrected chi connectivity index (χ3v) is 4.32. The summed E-state index contributed by atoms with van der Waals surface area (Å²) in [7, 11) is 0. The molecule has 4 nitrogen and oxygen atoms in total. The molecule has 2 unspecified atom stereocenters. The highest BCUT2D eigenvalue weighted by Gasteiger charge is 2.34. The largest absolute Gasteiger partial charge is 0.352 e. The lowest BCUT2D eigenvalue weighted by Gasteiger charge is -2.40. The summed E-state index contributed by atoms with van der Waals surface area (Å²) in [5, 5.41) is 5.84. The molecule has 1 rings (SSSR count). The molecule has 122 valence electrons. The Labute approximate surface area is 129 Å². The SMILES string of the molecule is CC(C)(C)C(=O)NCC(=O)NC1CCCCC1C(C)(C)C. The Morgan fingerprint density at radius 3 is 2.10 bits per heavy atom. The molecule has 0 aromatic carbocycles. The Hall–Kier alpha value is -1.06. The molecule has 2 atom stereocenters. The maximum Gasteiger partial charge on any atom is 0.239 e. The summed E-state index contributed by atoms with van der Waals surface area (Å²) in [5.41, 5.74) is -0.258. The van der Waals surface area contributed by atoms with E-state index in [-0.39, 0.29) is 29.8 Å². The number of rotatable bonds is 3. The van der Waals surface area contributed by atoms with E-state index in [2.05, 4.69) is 31.4 Å². The fraction of sp³-hybridized carbons (Fsp3) is 0.882. The van der Waals surface area contributed by atoms with Crippen LogP contribution < -0.4 is 10.6 Å². The number of carbonyl (C=O) groups excluding carboxylic acids is 2. The highest BCUT2D eigenvalue weighted by molar-refractivity contribution is 5.87. The van der Waals surface area contributed by atoms with Gasteiger partial charge in [0.25, 0.3) is 0 Å². The van der Waals surface area contributed by atoms with Crippen molar-refractivity contribution in [2.24, 2.45) is 16.7 Å². The molecule has 0 bridgehead atoms. The lowest BCUT2D eigenvalue weighted by Crippen LogP contribution is -2.50. The maximum absolute atomic E-state index is 12.1. The van der Waals surface area contributed by atoms with Crippen molar-refractivity contribution in [1.82, 2.24) is 10.6 Å². The first-order valence-corrected chi connectivity index (χ1v) is 8.09. The van der Waals surface area contributed by atoms with E-state index in [1.54, 1.807) is 0 Å². The minimum atomic E-state index is -0.459. The summed E-state index contributed by atoms with van der Waals surface area (Å²) < 4.78 is 0. The highest BCUT2D eigenvalue weighted by Crippen LogP contribution is 2.37. The molecule has 2 N–H and O–H groups in total. The zero-order valence-electron chi connectivity index (χ0n) is 14.5. The van der Waals surface area contributed by atoms with Gasteiger partial charge in [-0.15, -0.1) is 0 Å². The second-order valence-electron chi connectivity index (χ2n) is 8.36. The van der Waals surface area contributed by atoms with Crippen molar-refractivity contribution < 1.29 is 9.59 Å². The predicted octanol–water partition coefficient (Wildman–Crippen LogP) is 2.87. The van der Waals surface area contributed by atoms with Gasteiger partial charge in [0, 0.05) is 11.5 Å². The van der Waals surface area contributed by atoms with Gasteiger partial charge in [0.2, 0.25) is 11.8 Å². The van der Waals surface area contributed by atoms with Gasteiger partial charge >= 0.3 is 0 Å². The predicted molar refractivity (Wildman–Crippen MR) is 85.8 cm³/mol. The van der Waals surface area contributed by atoms with Gasteiger partial charge in [-0.2, -0.15) is 0 Å². The van der Waals surface area contributed by atoms with E-state index < -0.39 is 5.41 Å². The van der Waals surface area contributed by atoms with Gasteiger partial charge in [0.15, 0.2) is 0 Å². The molecule has 0 aliphatic heterocycles. The van der Waals surface area contributed by atoms with E-state index >= 15 is 0 Å². The van der Waals surface area contributed by atoms with Gasteiger partial charge < -0.3 is 10.6 Å². The molecule has 0 aromatic heterocycles. The lowest BCUT2D eigenvalue weighted by molar-refractivity contribution is -0.131. The molecule has 2 amide bonds. The van der Waals surface area contributed by atoms with E-state index in [4.69, 9.17) is 0 Å². The monoisotopic (exact) mass is 296 g/mol. The van der Waals surface area contributed by atoms with Crippen LogP contribution in [-0.2, 0) is 9.59 Å². The standard InChI is InChI=1S/C17H32N2O2/c1-16(2,3)12-9-7-8-10-13(12)19-14(20)11-18-15(21)17(4,5)6/h12-13H,7-11H2,1-6H3,(H,18,21)(H,19,20). The molecule has 4 heteroatoms. The Bertz CT molecular complexity index is 377. The quantitative estimate of drug-likeness (QED) is 0.841. The second kappa shape index (κ2) is 6.80. The van der Waals surface area contributed by atoms with Crippen LogP contribution in [-0.4, -0.2) is 24.4 Å². The second-order valence-corrected chi connectivity index (χ2v) is 8.36. The van der Waals surface area contributed by atoms with Gasteiger partial charge in [0.05, 0.1) is 6.54 Å². The fourth-order valence-corrected chi connectivity index (χ4v) is 3.02. The molecule has 0 heterocycles. The molecule has 0 aromatic rings. The van der Waals surface area contributed by atoms with Gasteiger partial charge in [-0.05, 0) is 24.2 Å². The molecular weight excluding hydrogens is 264 g/mol. The van der Waals surface area contributed by atoms with Crippen LogP contribution in [0.3, 0.4) is 0 Å². The van der Waals surface area contributed by atoms with Gasteiger partial charge in [0.1, 0.15) is 0 Å². The molecule has 0 radical (unpaired) electrons. The summed E-state index contributed by atoms with van der Waals surface area (Å²) in [5.74, 6) is 0.343. The summed E-state index contributed by atoms with van der Waals surface area (Å²) in [6.07, 6.45) is 4.63. The average molecular weight is 296 g/mol. The first kappa shape index (κ1) is 18.0. The lowest BCUT2D eigenvalue weighted by atomic mass is 9.69. The van der Waals surface area contributed by atoms with Crippen LogP contribution in [0.25, 0.3) is 0 Å². The average Bonchev–Trinajstić information content (AvgIpc) is 2.34. The number of nitrogens with one attached hydrogen (secondary N) is 2. The van der Waals surface area contributed by atoms with Gasteiger partial charge in [-0.3, -0.25) is 9.59 Å². The van der Waals surface area contributed by atoms with Crippen LogP contribution in [0.1, 0.15) is 67.2 Å².